The summed E-state index contributed by atoms with van der Waals surface area (Å²) in [6.07, 6.45) is 7.56. The fraction of sp³-hybridized carbons (Fsp3) is 0.562. The molecule has 2 heteroatoms. The summed E-state index contributed by atoms with van der Waals surface area (Å²) in [4.78, 5) is 11.9. The lowest BCUT2D eigenvalue weighted by molar-refractivity contribution is -0.144. The maximum atomic E-state index is 11.9. The van der Waals surface area contributed by atoms with Gasteiger partial charge in [0.15, 0.2) is 0 Å². The standard InChI is InChI=1S/C16H20O2/c17-15(18)16(11-12-5-1-2-6-12)10-9-13-7-3-4-8-14(13)16/h3-4,7-8,12H,1-2,5-6,9-11H2,(H,17,18). The molecule has 1 fully saturated rings. The number of carboxylic acids is 1. The van der Waals surface area contributed by atoms with Gasteiger partial charge in [0, 0.05) is 0 Å². The van der Waals surface area contributed by atoms with Crippen LogP contribution in [0.1, 0.15) is 49.7 Å². The van der Waals surface area contributed by atoms with Gasteiger partial charge in [-0.3, -0.25) is 4.79 Å². The Bertz CT molecular complexity index is 460. The number of hydrogen-bond acceptors (Lipinski definition) is 1. The van der Waals surface area contributed by atoms with E-state index in [-0.39, 0.29) is 0 Å². The van der Waals surface area contributed by atoms with Crippen molar-refractivity contribution in [1.29, 1.82) is 0 Å². The van der Waals surface area contributed by atoms with E-state index in [2.05, 4.69) is 6.07 Å². The second kappa shape index (κ2) is 4.42. The van der Waals surface area contributed by atoms with Crippen molar-refractivity contribution in [1.82, 2.24) is 0 Å². The van der Waals surface area contributed by atoms with Gasteiger partial charge in [-0.25, -0.2) is 0 Å². The molecule has 0 bridgehead atoms. The summed E-state index contributed by atoms with van der Waals surface area (Å²) in [6, 6.07) is 8.13. The smallest absolute Gasteiger partial charge is 0.314 e. The first kappa shape index (κ1) is 11.8. The van der Waals surface area contributed by atoms with Gasteiger partial charge in [-0.2, -0.15) is 0 Å². The number of rotatable bonds is 3. The summed E-state index contributed by atoms with van der Waals surface area (Å²) in [5, 5.41) is 9.77. The van der Waals surface area contributed by atoms with Crippen LogP contribution in [-0.4, -0.2) is 11.1 Å². The summed E-state index contributed by atoms with van der Waals surface area (Å²) < 4.78 is 0. The minimum absolute atomic E-state index is 0.592. The van der Waals surface area contributed by atoms with E-state index in [0.29, 0.717) is 5.92 Å². The highest BCUT2D eigenvalue weighted by atomic mass is 16.4. The zero-order valence-electron chi connectivity index (χ0n) is 10.7. The van der Waals surface area contributed by atoms with E-state index in [4.69, 9.17) is 0 Å². The van der Waals surface area contributed by atoms with Crippen molar-refractivity contribution in [2.75, 3.05) is 0 Å². The van der Waals surface area contributed by atoms with Crippen LogP contribution in [0.2, 0.25) is 0 Å². The number of benzene rings is 1. The van der Waals surface area contributed by atoms with Gasteiger partial charge >= 0.3 is 5.97 Å². The fourth-order valence-corrected chi connectivity index (χ4v) is 3.92. The molecule has 1 atom stereocenters. The molecule has 0 aromatic heterocycles. The molecule has 0 radical (unpaired) electrons. The van der Waals surface area contributed by atoms with E-state index in [1.54, 1.807) is 0 Å². The Balaban J connectivity index is 1.95. The van der Waals surface area contributed by atoms with Gasteiger partial charge in [0.05, 0.1) is 5.41 Å². The van der Waals surface area contributed by atoms with Gasteiger partial charge < -0.3 is 5.11 Å². The third kappa shape index (κ3) is 1.75. The molecule has 96 valence electrons. The van der Waals surface area contributed by atoms with E-state index in [9.17, 15) is 9.90 Å². The van der Waals surface area contributed by atoms with Crippen molar-refractivity contribution in [2.24, 2.45) is 5.92 Å². The van der Waals surface area contributed by atoms with Crippen molar-refractivity contribution >= 4 is 5.97 Å². The number of aliphatic carboxylic acids is 1. The lowest BCUT2D eigenvalue weighted by atomic mass is 9.74. The zero-order valence-corrected chi connectivity index (χ0v) is 10.7. The minimum Gasteiger partial charge on any atom is -0.481 e. The quantitative estimate of drug-likeness (QED) is 0.883. The molecule has 1 aromatic carbocycles. The Hall–Kier alpha value is -1.31. The normalized spacial score (nSPS) is 27.3. The number of carbonyl (C=O) groups is 1. The van der Waals surface area contributed by atoms with Gasteiger partial charge in [0.2, 0.25) is 0 Å². The predicted octanol–water partition coefficient (Wildman–Crippen LogP) is 3.54. The average Bonchev–Trinajstić information content (AvgIpc) is 2.99. The number of aryl methyl sites for hydroxylation is 1. The molecule has 1 saturated carbocycles. The largest absolute Gasteiger partial charge is 0.481 e. The first-order valence-electron chi connectivity index (χ1n) is 7.04. The van der Waals surface area contributed by atoms with Crippen LogP contribution in [0.25, 0.3) is 0 Å². The topological polar surface area (TPSA) is 37.3 Å². The minimum atomic E-state index is -0.612. The summed E-state index contributed by atoms with van der Waals surface area (Å²) in [6.45, 7) is 0. The number of fused-ring (bicyclic) bond motifs is 1. The van der Waals surface area contributed by atoms with E-state index in [1.807, 2.05) is 18.2 Å². The summed E-state index contributed by atoms with van der Waals surface area (Å²) in [5.41, 5.74) is 1.74. The van der Waals surface area contributed by atoms with Crippen LogP contribution in [-0.2, 0) is 16.6 Å². The molecular weight excluding hydrogens is 224 g/mol. The van der Waals surface area contributed by atoms with Crippen molar-refractivity contribution in [2.45, 2.75) is 50.4 Å². The van der Waals surface area contributed by atoms with Crippen molar-refractivity contribution in [3.8, 4) is 0 Å². The monoisotopic (exact) mass is 244 g/mol. The van der Waals surface area contributed by atoms with Crippen molar-refractivity contribution < 1.29 is 9.90 Å². The van der Waals surface area contributed by atoms with Crippen molar-refractivity contribution in [3.05, 3.63) is 35.4 Å². The Labute approximate surface area is 108 Å². The molecular formula is C16H20O2. The maximum absolute atomic E-state index is 11.9. The zero-order chi connectivity index (χ0) is 12.6. The molecule has 0 heterocycles. The molecule has 2 aliphatic rings. The molecule has 0 amide bonds. The van der Waals surface area contributed by atoms with Crippen LogP contribution in [0.4, 0.5) is 0 Å². The van der Waals surface area contributed by atoms with Gasteiger partial charge in [0.1, 0.15) is 0 Å². The molecule has 0 saturated heterocycles. The third-order valence-corrected chi connectivity index (χ3v) is 4.88. The second-order valence-corrected chi connectivity index (χ2v) is 5.90. The van der Waals surface area contributed by atoms with Crippen LogP contribution in [0, 0.1) is 5.92 Å². The van der Waals surface area contributed by atoms with E-state index < -0.39 is 11.4 Å². The Morgan fingerprint density at radius 3 is 2.72 bits per heavy atom. The summed E-state index contributed by atoms with van der Waals surface area (Å²) >= 11 is 0. The molecule has 2 nitrogen and oxygen atoms in total. The van der Waals surface area contributed by atoms with Crippen LogP contribution in [0.5, 0.6) is 0 Å². The van der Waals surface area contributed by atoms with Gasteiger partial charge in [-0.15, -0.1) is 0 Å². The molecule has 18 heavy (non-hydrogen) atoms. The number of carboxylic acid groups (broad SMARTS) is 1. The lowest BCUT2D eigenvalue weighted by Gasteiger charge is -2.28. The number of hydrogen-bond donors (Lipinski definition) is 1. The third-order valence-electron chi connectivity index (χ3n) is 4.88. The summed E-state index contributed by atoms with van der Waals surface area (Å²) in [7, 11) is 0. The fourth-order valence-electron chi connectivity index (χ4n) is 3.92. The van der Waals surface area contributed by atoms with E-state index in [1.165, 1.54) is 31.2 Å². The van der Waals surface area contributed by atoms with Crippen LogP contribution in [0.15, 0.2) is 24.3 Å². The lowest BCUT2D eigenvalue weighted by Crippen LogP contribution is -2.35. The first-order chi connectivity index (χ1) is 8.72. The van der Waals surface area contributed by atoms with Crippen LogP contribution >= 0.6 is 0 Å². The van der Waals surface area contributed by atoms with Gasteiger partial charge in [-0.1, -0.05) is 49.9 Å². The Kier molecular flexibility index (Phi) is 2.89. The molecule has 0 spiro atoms. The first-order valence-corrected chi connectivity index (χ1v) is 7.04. The SMILES string of the molecule is O=C(O)C1(CC2CCCC2)CCc2ccccc21. The molecule has 1 unspecified atom stereocenters. The molecule has 3 rings (SSSR count). The van der Waals surface area contributed by atoms with E-state index >= 15 is 0 Å². The van der Waals surface area contributed by atoms with Crippen LogP contribution in [0.3, 0.4) is 0 Å². The Morgan fingerprint density at radius 1 is 1.28 bits per heavy atom. The van der Waals surface area contributed by atoms with Gasteiger partial charge in [0.25, 0.3) is 0 Å². The molecule has 1 N–H and O–H groups in total. The average molecular weight is 244 g/mol. The highest BCUT2D eigenvalue weighted by Gasteiger charge is 2.46. The highest BCUT2D eigenvalue weighted by molar-refractivity contribution is 5.83. The molecule has 0 aliphatic heterocycles. The second-order valence-electron chi connectivity index (χ2n) is 5.90. The maximum Gasteiger partial charge on any atom is 0.314 e. The van der Waals surface area contributed by atoms with E-state index in [0.717, 1.165) is 24.8 Å². The van der Waals surface area contributed by atoms with Gasteiger partial charge in [-0.05, 0) is 36.3 Å². The summed E-state index contributed by atoms with van der Waals surface area (Å²) in [5.74, 6) is 0.00612. The molecule has 2 aliphatic carbocycles. The van der Waals surface area contributed by atoms with Crippen molar-refractivity contribution in [3.63, 3.8) is 0 Å². The Morgan fingerprint density at radius 2 is 2.00 bits per heavy atom. The molecule has 1 aromatic rings. The van der Waals surface area contributed by atoms with Crippen LogP contribution < -0.4 is 0 Å². The predicted molar refractivity (Wildman–Crippen MR) is 70.7 cm³/mol. The highest BCUT2D eigenvalue weighted by Crippen LogP contribution is 2.46.